The molecule has 0 spiro atoms. The lowest BCUT2D eigenvalue weighted by Crippen LogP contribution is -2.37. The first-order chi connectivity index (χ1) is 11.9. The highest BCUT2D eigenvalue weighted by Gasteiger charge is 2.40. The van der Waals surface area contributed by atoms with E-state index in [0.29, 0.717) is 5.92 Å². The number of ether oxygens (including phenoxy) is 2. The maximum Gasteiger partial charge on any atom is 0.309 e. The fourth-order valence-corrected chi connectivity index (χ4v) is 4.14. The summed E-state index contributed by atoms with van der Waals surface area (Å²) >= 11 is 0. The van der Waals surface area contributed by atoms with Crippen LogP contribution in [0.15, 0.2) is 0 Å². The first kappa shape index (κ1) is 22.0. The van der Waals surface area contributed by atoms with E-state index in [4.69, 9.17) is 9.47 Å². The van der Waals surface area contributed by atoms with Crippen LogP contribution in [-0.2, 0) is 19.1 Å². The molecule has 1 saturated carbocycles. The molecule has 0 heterocycles. The SMILES string of the molecule is COC(=O)[C@H]1CC(CCCC(C)CCCC(C)C)CC[C@H]1C(=O)OC. The van der Waals surface area contributed by atoms with Crippen LogP contribution < -0.4 is 0 Å². The normalized spacial score (nSPS) is 24.8. The van der Waals surface area contributed by atoms with E-state index in [9.17, 15) is 9.59 Å². The fourth-order valence-electron chi connectivity index (χ4n) is 4.14. The molecule has 1 aliphatic carbocycles. The van der Waals surface area contributed by atoms with Crippen molar-refractivity contribution in [2.75, 3.05) is 14.2 Å². The van der Waals surface area contributed by atoms with Gasteiger partial charge in [0.05, 0.1) is 26.1 Å². The Balaban J connectivity index is 2.38. The highest BCUT2D eigenvalue weighted by atomic mass is 16.5. The fraction of sp³-hybridized carbons (Fsp3) is 0.905. The summed E-state index contributed by atoms with van der Waals surface area (Å²) in [5.41, 5.74) is 0. The quantitative estimate of drug-likeness (QED) is 0.518. The number of rotatable bonds is 10. The number of methoxy groups -OCH3 is 2. The lowest BCUT2D eigenvalue weighted by atomic mass is 9.72. The van der Waals surface area contributed by atoms with Gasteiger partial charge < -0.3 is 9.47 Å². The molecule has 146 valence electrons. The van der Waals surface area contributed by atoms with Gasteiger partial charge in [0, 0.05) is 0 Å². The van der Waals surface area contributed by atoms with Gasteiger partial charge in [-0.25, -0.2) is 0 Å². The second kappa shape index (κ2) is 11.5. The van der Waals surface area contributed by atoms with Gasteiger partial charge in [-0.3, -0.25) is 9.59 Å². The first-order valence-electron chi connectivity index (χ1n) is 10.0. The largest absolute Gasteiger partial charge is 0.469 e. The van der Waals surface area contributed by atoms with Crippen molar-refractivity contribution < 1.29 is 19.1 Å². The van der Waals surface area contributed by atoms with Gasteiger partial charge in [-0.05, 0) is 37.0 Å². The lowest BCUT2D eigenvalue weighted by molar-refractivity contribution is -0.160. The van der Waals surface area contributed by atoms with Gasteiger partial charge in [-0.2, -0.15) is 0 Å². The van der Waals surface area contributed by atoms with Crippen LogP contribution >= 0.6 is 0 Å². The molecular formula is C21H38O4. The highest BCUT2D eigenvalue weighted by molar-refractivity contribution is 5.82. The molecule has 4 atom stereocenters. The minimum atomic E-state index is -0.334. The van der Waals surface area contributed by atoms with Crippen LogP contribution in [0.5, 0.6) is 0 Å². The average molecular weight is 355 g/mol. The molecule has 4 heteroatoms. The second-order valence-electron chi connectivity index (χ2n) is 8.30. The zero-order chi connectivity index (χ0) is 18.8. The summed E-state index contributed by atoms with van der Waals surface area (Å²) in [6.07, 6.45) is 10.1. The molecule has 0 aromatic rings. The second-order valence-corrected chi connectivity index (χ2v) is 8.30. The molecule has 0 bridgehead atoms. The minimum absolute atomic E-state index is 0.262. The van der Waals surface area contributed by atoms with Gasteiger partial charge in [0.1, 0.15) is 0 Å². The molecule has 0 amide bonds. The van der Waals surface area contributed by atoms with E-state index in [1.807, 2.05) is 0 Å². The molecule has 1 fully saturated rings. The molecule has 0 saturated heterocycles. The standard InChI is InChI=1S/C21H38O4/c1-15(2)8-6-9-16(3)10-7-11-17-12-13-18(20(22)24-4)19(14-17)21(23)25-5/h15-19H,6-14H2,1-5H3/t16?,17?,18-,19+/m1/s1. The van der Waals surface area contributed by atoms with Crippen LogP contribution in [0.1, 0.15) is 78.6 Å². The zero-order valence-electron chi connectivity index (χ0n) is 16.9. The molecule has 0 aromatic carbocycles. The van der Waals surface area contributed by atoms with E-state index in [2.05, 4.69) is 20.8 Å². The van der Waals surface area contributed by atoms with Gasteiger partial charge in [0.25, 0.3) is 0 Å². The van der Waals surface area contributed by atoms with Crippen molar-refractivity contribution >= 4 is 11.9 Å². The highest BCUT2D eigenvalue weighted by Crippen LogP contribution is 2.38. The van der Waals surface area contributed by atoms with Crippen molar-refractivity contribution in [3.63, 3.8) is 0 Å². The van der Waals surface area contributed by atoms with Crippen molar-refractivity contribution in [1.29, 1.82) is 0 Å². The number of carbonyl (C=O) groups excluding carboxylic acids is 2. The van der Waals surface area contributed by atoms with Crippen molar-refractivity contribution in [3.05, 3.63) is 0 Å². The van der Waals surface area contributed by atoms with Crippen LogP contribution in [0.3, 0.4) is 0 Å². The monoisotopic (exact) mass is 354 g/mol. The molecule has 25 heavy (non-hydrogen) atoms. The van der Waals surface area contributed by atoms with E-state index in [1.165, 1.54) is 46.3 Å². The smallest absolute Gasteiger partial charge is 0.309 e. The molecule has 1 aliphatic rings. The molecule has 2 unspecified atom stereocenters. The van der Waals surface area contributed by atoms with Gasteiger partial charge in [-0.1, -0.05) is 59.3 Å². The van der Waals surface area contributed by atoms with Crippen LogP contribution in [0.25, 0.3) is 0 Å². The maximum atomic E-state index is 12.1. The molecular weight excluding hydrogens is 316 g/mol. The third-order valence-electron chi connectivity index (χ3n) is 5.75. The minimum Gasteiger partial charge on any atom is -0.469 e. The topological polar surface area (TPSA) is 52.6 Å². The van der Waals surface area contributed by atoms with Gasteiger partial charge in [0.15, 0.2) is 0 Å². The molecule has 1 rings (SSSR count). The molecule has 0 radical (unpaired) electrons. The van der Waals surface area contributed by atoms with E-state index in [1.54, 1.807) is 0 Å². The molecule has 0 aliphatic heterocycles. The number of esters is 2. The predicted octanol–water partition coefficient (Wildman–Crippen LogP) is 5.00. The van der Waals surface area contributed by atoms with E-state index in [-0.39, 0.29) is 23.8 Å². The van der Waals surface area contributed by atoms with Crippen LogP contribution in [0, 0.1) is 29.6 Å². The Morgan fingerprint density at radius 1 is 0.880 bits per heavy atom. The Morgan fingerprint density at radius 3 is 2.08 bits per heavy atom. The summed E-state index contributed by atoms with van der Waals surface area (Å²) < 4.78 is 9.79. The Bertz CT molecular complexity index is 405. The molecule has 0 aromatic heterocycles. The maximum absolute atomic E-state index is 12.1. The zero-order valence-corrected chi connectivity index (χ0v) is 16.9. The van der Waals surface area contributed by atoms with Gasteiger partial charge in [0.2, 0.25) is 0 Å². The van der Waals surface area contributed by atoms with Gasteiger partial charge in [-0.15, -0.1) is 0 Å². The van der Waals surface area contributed by atoms with Crippen LogP contribution in [0.2, 0.25) is 0 Å². The van der Waals surface area contributed by atoms with E-state index in [0.717, 1.165) is 37.5 Å². The van der Waals surface area contributed by atoms with Crippen molar-refractivity contribution in [2.24, 2.45) is 29.6 Å². The van der Waals surface area contributed by atoms with Crippen LogP contribution in [0.4, 0.5) is 0 Å². The molecule has 0 N–H and O–H groups in total. The third kappa shape index (κ3) is 7.79. The lowest BCUT2D eigenvalue weighted by Gasteiger charge is -2.33. The van der Waals surface area contributed by atoms with Crippen molar-refractivity contribution in [2.45, 2.75) is 78.6 Å². The predicted molar refractivity (Wildman–Crippen MR) is 100 cm³/mol. The van der Waals surface area contributed by atoms with E-state index < -0.39 is 0 Å². The summed E-state index contributed by atoms with van der Waals surface area (Å²) in [6, 6.07) is 0. The number of hydrogen-bond acceptors (Lipinski definition) is 4. The Morgan fingerprint density at radius 2 is 1.48 bits per heavy atom. The number of hydrogen-bond donors (Lipinski definition) is 0. The Kier molecular flexibility index (Phi) is 10.1. The summed E-state index contributed by atoms with van der Waals surface area (Å²) in [5, 5.41) is 0. The molecule has 4 nitrogen and oxygen atoms in total. The van der Waals surface area contributed by atoms with Crippen molar-refractivity contribution in [1.82, 2.24) is 0 Å². The summed E-state index contributed by atoms with van der Waals surface area (Å²) in [7, 11) is 2.79. The summed E-state index contributed by atoms with van der Waals surface area (Å²) in [6.45, 7) is 6.92. The first-order valence-corrected chi connectivity index (χ1v) is 10.0. The number of carbonyl (C=O) groups is 2. The van der Waals surface area contributed by atoms with Gasteiger partial charge >= 0.3 is 11.9 Å². The van der Waals surface area contributed by atoms with Crippen molar-refractivity contribution in [3.8, 4) is 0 Å². The van der Waals surface area contributed by atoms with Crippen LogP contribution in [-0.4, -0.2) is 26.2 Å². The Labute approximate surface area is 154 Å². The summed E-state index contributed by atoms with van der Waals surface area (Å²) in [5.74, 6) is 0.903. The Hall–Kier alpha value is -1.06. The average Bonchev–Trinajstić information content (AvgIpc) is 2.59. The van der Waals surface area contributed by atoms with E-state index >= 15 is 0 Å². The summed E-state index contributed by atoms with van der Waals surface area (Å²) in [4.78, 5) is 24.0. The third-order valence-corrected chi connectivity index (χ3v) is 5.75.